The molecular formula is C20H22FN3O4. The number of amides is 2. The van der Waals surface area contributed by atoms with Crippen molar-refractivity contribution in [1.29, 1.82) is 0 Å². The monoisotopic (exact) mass is 387 g/mol. The first-order valence-electron chi connectivity index (χ1n) is 9.52. The summed E-state index contributed by atoms with van der Waals surface area (Å²) >= 11 is 0. The van der Waals surface area contributed by atoms with Gasteiger partial charge in [0.05, 0.1) is 12.5 Å². The lowest BCUT2D eigenvalue weighted by atomic mass is 9.90. The molecule has 2 fully saturated rings. The number of hydrogen-bond acceptors (Lipinski definition) is 4. The van der Waals surface area contributed by atoms with Crippen LogP contribution in [0, 0.1) is 17.2 Å². The molecule has 0 bridgehead atoms. The van der Waals surface area contributed by atoms with Crippen LogP contribution < -0.4 is 0 Å². The van der Waals surface area contributed by atoms with Gasteiger partial charge in [-0.1, -0.05) is 12.1 Å². The van der Waals surface area contributed by atoms with E-state index >= 15 is 0 Å². The average Bonchev–Trinajstić information content (AvgIpc) is 3.39. The molecule has 0 aromatic heterocycles. The van der Waals surface area contributed by atoms with Gasteiger partial charge in [0.25, 0.3) is 5.91 Å². The van der Waals surface area contributed by atoms with E-state index in [-0.39, 0.29) is 41.9 Å². The Morgan fingerprint density at radius 3 is 2.46 bits per heavy atom. The lowest BCUT2D eigenvalue weighted by Crippen LogP contribution is -2.45. The highest BCUT2D eigenvalue weighted by Gasteiger charge is 2.59. The van der Waals surface area contributed by atoms with Gasteiger partial charge in [0, 0.05) is 25.9 Å². The first-order valence-corrected chi connectivity index (χ1v) is 9.52. The molecule has 0 radical (unpaired) electrons. The maximum absolute atomic E-state index is 13.1. The zero-order chi connectivity index (χ0) is 19.9. The van der Waals surface area contributed by atoms with Gasteiger partial charge in [-0.25, -0.2) is 9.40 Å². The molecule has 7 nitrogen and oxygen atoms in total. The highest BCUT2D eigenvalue weighted by Crippen LogP contribution is 2.59. The van der Waals surface area contributed by atoms with Gasteiger partial charge in [0.15, 0.2) is 0 Å². The van der Waals surface area contributed by atoms with Crippen LogP contribution in [0.3, 0.4) is 0 Å². The summed E-state index contributed by atoms with van der Waals surface area (Å²) in [7, 11) is 0. The lowest BCUT2D eigenvalue weighted by Gasteiger charge is -2.34. The number of carbonyl (C=O) groups excluding carboxylic acids is 2. The molecule has 1 atom stereocenters. The fourth-order valence-electron chi connectivity index (χ4n) is 4.23. The normalized spacial score (nSPS) is 23.5. The number of halogens is 1. The predicted octanol–water partition coefficient (Wildman–Crippen LogP) is 2.02. The molecule has 1 aromatic carbocycles. The largest absolute Gasteiger partial charge is 0.481 e. The van der Waals surface area contributed by atoms with Crippen LogP contribution >= 0.6 is 0 Å². The van der Waals surface area contributed by atoms with Gasteiger partial charge in [-0.05, 0) is 42.4 Å². The maximum Gasteiger partial charge on any atom is 0.307 e. The molecule has 2 heterocycles. The van der Waals surface area contributed by atoms with Crippen LogP contribution in [0.5, 0.6) is 0 Å². The molecular weight excluding hydrogens is 365 g/mol. The second kappa shape index (κ2) is 7.00. The number of carbonyl (C=O) groups is 3. The second-order valence-corrected chi connectivity index (χ2v) is 7.87. The molecule has 28 heavy (non-hydrogen) atoms. The van der Waals surface area contributed by atoms with E-state index in [1.807, 2.05) is 0 Å². The van der Waals surface area contributed by atoms with Crippen LogP contribution in [0.1, 0.15) is 37.7 Å². The van der Waals surface area contributed by atoms with E-state index in [1.54, 1.807) is 17.0 Å². The van der Waals surface area contributed by atoms with Crippen LogP contribution in [0.15, 0.2) is 29.4 Å². The van der Waals surface area contributed by atoms with Crippen molar-refractivity contribution in [1.82, 2.24) is 9.91 Å². The smallest absolute Gasteiger partial charge is 0.307 e. The number of rotatable bonds is 4. The summed E-state index contributed by atoms with van der Waals surface area (Å²) in [6, 6.07) is 5.83. The van der Waals surface area contributed by atoms with Crippen LogP contribution in [0.2, 0.25) is 0 Å². The first kappa shape index (κ1) is 18.6. The van der Waals surface area contributed by atoms with E-state index in [1.165, 1.54) is 17.1 Å². The summed E-state index contributed by atoms with van der Waals surface area (Å²) in [6.45, 7) is 1.24. The third kappa shape index (κ3) is 3.50. The number of likely N-dealkylation sites (tertiary alicyclic amines) is 1. The van der Waals surface area contributed by atoms with Gasteiger partial charge >= 0.3 is 5.97 Å². The number of aliphatic carboxylic acids is 1. The number of carboxylic acid groups (broad SMARTS) is 1. The molecule has 3 aliphatic rings. The number of benzene rings is 1. The molecule has 1 saturated carbocycles. The third-order valence-corrected chi connectivity index (χ3v) is 6.13. The van der Waals surface area contributed by atoms with Crippen molar-refractivity contribution in [2.24, 2.45) is 16.4 Å². The van der Waals surface area contributed by atoms with Crippen LogP contribution in [0.4, 0.5) is 4.39 Å². The number of nitrogens with zero attached hydrogens (tertiary/aromatic N) is 3. The summed E-state index contributed by atoms with van der Waals surface area (Å²) in [5, 5.41) is 14.7. The van der Waals surface area contributed by atoms with Gasteiger partial charge in [-0.15, -0.1) is 0 Å². The molecule has 4 rings (SSSR count). The standard InChI is InChI=1S/C20H22FN3O4/c21-14-3-1-13(2-4-14)12-24-17(25)6-5-16(22-24)18(26)23-9-7-20(8-10-23)11-15(20)19(27)28/h1-4,15H,5-12H2,(H,27,28). The molecule has 1 aromatic rings. The average molecular weight is 387 g/mol. The highest BCUT2D eigenvalue weighted by atomic mass is 19.1. The minimum Gasteiger partial charge on any atom is -0.481 e. The van der Waals surface area contributed by atoms with Crippen molar-refractivity contribution in [3.63, 3.8) is 0 Å². The van der Waals surface area contributed by atoms with Crippen molar-refractivity contribution >= 4 is 23.5 Å². The minimum absolute atomic E-state index is 0.137. The number of piperidine rings is 1. The number of hydrogen-bond donors (Lipinski definition) is 1. The fraction of sp³-hybridized carbons (Fsp3) is 0.500. The topological polar surface area (TPSA) is 90.3 Å². The number of carboxylic acids is 1. The van der Waals surface area contributed by atoms with Crippen molar-refractivity contribution in [2.75, 3.05) is 13.1 Å². The maximum atomic E-state index is 13.1. The molecule has 1 aliphatic carbocycles. The summed E-state index contributed by atoms with van der Waals surface area (Å²) in [5.74, 6) is -1.72. The molecule has 148 valence electrons. The Morgan fingerprint density at radius 1 is 1.18 bits per heavy atom. The molecule has 2 aliphatic heterocycles. The Kier molecular flexibility index (Phi) is 4.64. The summed E-state index contributed by atoms with van der Waals surface area (Å²) in [5.41, 5.74) is 0.950. The summed E-state index contributed by atoms with van der Waals surface area (Å²) in [6.07, 6.45) is 2.61. The van der Waals surface area contributed by atoms with Crippen molar-refractivity contribution in [3.05, 3.63) is 35.6 Å². The van der Waals surface area contributed by atoms with Crippen LogP contribution in [-0.2, 0) is 20.9 Å². The first-order chi connectivity index (χ1) is 13.4. The Hall–Kier alpha value is -2.77. The van der Waals surface area contributed by atoms with Crippen LogP contribution in [0.25, 0.3) is 0 Å². The van der Waals surface area contributed by atoms with Gasteiger partial charge in [0.2, 0.25) is 5.91 Å². The van der Waals surface area contributed by atoms with Gasteiger partial charge in [-0.3, -0.25) is 14.4 Å². The van der Waals surface area contributed by atoms with E-state index in [4.69, 9.17) is 0 Å². The molecule has 2 amide bonds. The van der Waals surface area contributed by atoms with Gasteiger partial charge in [-0.2, -0.15) is 5.10 Å². The van der Waals surface area contributed by atoms with E-state index in [9.17, 15) is 23.9 Å². The molecule has 1 N–H and O–H groups in total. The van der Waals surface area contributed by atoms with Gasteiger partial charge in [0.1, 0.15) is 11.5 Å². The van der Waals surface area contributed by atoms with E-state index in [2.05, 4.69) is 5.10 Å². The fourth-order valence-corrected chi connectivity index (χ4v) is 4.23. The van der Waals surface area contributed by atoms with Crippen LogP contribution in [-0.4, -0.2) is 51.6 Å². The molecule has 8 heteroatoms. The SMILES string of the molecule is O=C(O)C1CC12CCN(C(=O)C1=NN(Cc3ccc(F)cc3)C(=O)CC1)CC2. The van der Waals surface area contributed by atoms with E-state index < -0.39 is 5.97 Å². The predicted molar refractivity (Wildman–Crippen MR) is 97.6 cm³/mol. The summed E-state index contributed by atoms with van der Waals surface area (Å²) in [4.78, 5) is 37.9. The highest BCUT2D eigenvalue weighted by molar-refractivity contribution is 6.39. The molecule has 1 spiro atoms. The Bertz CT molecular complexity index is 844. The van der Waals surface area contributed by atoms with Crippen molar-refractivity contribution < 1.29 is 23.9 Å². The van der Waals surface area contributed by atoms with E-state index in [0.29, 0.717) is 44.5 Å². The number of hydrazone groups is 1. The molecule has 1 unspecified atom stereocenters. The Labute approximate surface area is 161 Å². The van der Waals surface area contributed by atoms with Crippen molar-refractivity contribution in [3.8, 4) is 0 Å². The Morgan fingerprint density at radius 2 is 1.86 bits per heavy atom. The zero-order valence-corrected chi connectivity index (χ0v) is 15.4. The van der Waals surface area contributed by atoms with Gasteiger partial charge < -0.3 is 10.0 Å². The second-order valence-electron chi connectivity index (χ2n) is 7.87. The summed E-state index contributed by atoms with van der Waals surface area (Å²) < 4.78 is 13.1. The minimum atomic E-state index is -0.744. The zero-order valence-electron chi connectivity index (χ0n) is 15.4. The quantitative estimate of drug-likeness (QED) is 0.856. The lowest BCUT2D eigenvalue weighted by molar-refractivity contribution is -0.139. The van der Waals surface area contributed by atoms with Crippen molar-refractivity contribution in [2.45, 2.75) is 38.6 Å². The Balaban J connectivity index is 1.40. The molecule has 1 saturated heterocycles. The third-order valence-electron chi connectivity index (χ3n) is 6.13. The van der Waals surface area contributed by atoms with E-state index in [0.717, 1.165) is 5.56 Å².